The first kappa shape index (κ1) is 9.03. The molecule has 0 atom stereocenters. The third kappa shape index (κ3) is 1.75. The quantitative estimate of drug-likeness (QED) is 0.637. The molecule has 1 heterocycles. The summed E-state index contributed by atoms with van der Waals surface area (Å²) in [6.07, 6.45) is -3.14. The predicted molar refractivity (Wildman–Crippen MR) is 38.3 cm³/mol. The highest BCUT2D eigenvalue weighted by Crippen LogP contribution is 2.29. The summed E-state index contributed by atoms with van der Waals surface area (Å²) in [7, 11) is 0. The largest absolute Gasteiger partial charge is 0.433 e. The lowest BCUT2D eigenvalue weighted by Crippen LogP contribution is -2.11. The summed E-state index contributed by atoms with van der Waals surface area (Å²) in [5.74, 6) is 0. The molecule has 4 heteroatoms. The zero-order chi connectivity index (χ0) is 9.19. The minimum atomic E-state index is -4.37. The molecule has 0 bridgehead atoms. The van der Waals surface area contributed by atoms with Crippen molar-refractivity contribution in [3.63, 3.8) is 0 Å². The van der Waals surface area contributed by atoms with E-state index in [1.807, 2.05) is 0 Å². The third-order valence-corrected chi connectivity index (χ3v) is 1.43. The second-order valence-electron chi connectivity index (χ2n) is 2.26. The van der Waals surface area contributed by atoms with E-state index < -0.39 is 11.9 Å². The van der Waals surface area contributed by atoms with E-state index in [1.54, 1.807) is 0 Å². The molecule has 0 unspecified atom stereocenters. The summed E-state index contributed by atoms with van der Waals surface area (Å²) in [6, 6.07) is 2.85. The zero-order valence-corrected chi connectivity index (χ0v) is 6.23. The van der Waals surface area contributed by atoms with E-state index in [9.17, 15) is 13.2 Å². The summed E-state index contributed by atoms with van der Waals surface area (Å²) < 4.78 is 36.4. The van der Waals surface area contributed by atoms with E-state index in [2.05, 4.69) is 11.9 Å². The maximum atomic E-state index is 12.1. The third-order valence-electron chi connectivity index (χ3n) is 1.43. The molecule has 0 spiro atoms. The number of aromatic nitrogens is 1. The maximum absolute atomic E-state index is 12.1. The van der Waals surface area contributed by atoms with Crippen LogP contribution in [0.3, 0.4) is 0 Å². The number of hydrogen-bond acceptors (Lipinski definition) is 1. The van der Waals surface area contributed by atoms with Gasteiger partial charge in [0.15, 0.2) is 0 Å². The normalized spacial score (nSPS) is 11.7. The highest BCUT2D eigenvalue weighted by Gasteiger charge is 2.34. The van der Waals surface area contributed by atoms with E-state index in [0.717, 1.165) is 6.20 Å². The maximum Gasteiger partial charge on any atom is 0.433 e. The molecule has 12 heavy (non-hydrogen) atoms. The molecule has 0 aliphatic carbocycles. The Balaban J connectivity index is 3.14. The van der Waals surface area contributed by atoms with Crippen molar-refractivity contribution < 1.29 is 13.2 Å². The Morgan fingerprint density at radius 3 is 2.50 bits per heavy atom. The second-order valence-corrected chi connectivity index (χ2v) is 2.26. The number of rotatable bonds is 1. The van der Waals surface area contributed by atoms with Crippen LogP contribution >= 0.6 is 0 Å². The molecule has 0 N–H and O–H groups in total. The molecule has 65 valence electrons. The lowest BCUT2D eigenvalue weighted by molar-refractivity contribution is -0.141. The summed E-state index contributed by atoms with van der Waals surface area (Å²) in [6.45, 7) is 3.39. The van der Waals surface area contributed by atoms with Crippen molar-refractivity contribution in [3.05, 3.63) is 36.5 Å². The average molecular weight is 174 g/mol. The molecule has 1 aromatic rings. The van der Waals surface area contributed by atoms with Crippen molar-refractivity contribution in [3.8, 4) is 0 Å². The molecule has 1 aromatic heterocycles. The van der Waals surface area contributed by atoms with Crippen LogP contribution in [0.2, 0.25) is 0 Å². The number of halogens is 3. The van der Waals surface area contributed by atoms with Gasteiger partial charge in [-0.3, -0.25) is 4.98 Å². The van der Waals surface area contributed by atoms with Crippen LogP contribution in [0, 0.1) is 6.92 Å². The highest BCUT2D eigenvalue weighted by atomic mass is 19.4. The van der Waals surface area contributed by atoms with Crippen LogP contribution in [-0.2, 0) is 12.6 Å². The molecular weight excluding hydrogens is 167 g/mol. The Morgan fingerprint density at radius 1 is 1.42 bits per heavy atom. The van der Waals surface area contributed by atoms with Gasteiger partial charge in [0, 0.05) is 6.20 Å². The van der Waals surface area contributed by atoms with Gasteiger partial charge in [-0.15, -0.1) is 0 Å². The molecular formula is C8H7F3N. The van der Waals surface area contributed by atoms with Crippen LogP contribution in [-0.4, -0.2) is 4.98 Å². The van der Waals surface area contributed by atoms with Crippen molar-refractivity contribution in [1.82, 2.24) is 4.98 Å². The Labute approximate surface area is 68.2 Å². The van der Waals surface area contributed by atoms with Gasteiger partial charge >= 0.3 is 6.18 Å². The van der Waals surface area contributed by atoms with E-state index in [1.165, 1.54) is 12.1 Å². The summed E-state index contributed by atoms with van der Waals surface area (Å²) in [5, 5.41) is 0. The van der Waals surface area contributed by atoms with Gasteiger partial charge in [0.05, 0.1) is 0 Å². The van der Waals surface area contributed by atoms with Crippen molar-refractivity contribution >= 4 is 0 Å². The molecule has 1 radical (unpaired) electrons. The van der Waals surface area contributed by atoms with Gasteiger partial charge in [-0.25, -0.2) is 0 Å². The van der Waals surface area contributed by atoms with Crippen LogP contribution in [0.25, 0.3) is 0 Å². The van der Waals surface area contributed by atoms with Crippen LogP contribution < -0.4 is 0 Å². The van der Waals surface area contributed by atoms with Gasteiger partial charge in [0.25, 0.3) is 0 Å². The van der Waals surface area contributed by atoms with Crippen LogP contribution in [0.15, 0.2) is 18.3 Å². The highest BCUT2D eigenvalue weighted by molar-refractivity contribution is 5.22. The van der Waals surface area contributed by atoms with Crippen molar-refractivity contribution in [1.29, 1.82) is 0 Å². The summed E-state index contributed by atoms with van der Waals surface area (Å²) >= 11 is 0. The Bertz CT molecular complexity index is 267. The molecule has 0 saturated carbocycles. The van der Waals surface area contributed by atoms with E-state index in [0.29, 0.717) is 0 Å². The van der Waals surface area contributed by atoms with Crippen LogP contribution in [0.5, 0.6) is 0 Å². The van der Waals surface area contributed by atoms with Crippen molar-refractivity contribution in [2.75, 3.05) is 0 Å². The smallest absolute Gasteiger partial charge is 0.252 e. The first-order valence-electron chi connectivity index (χ1n) is 3.36. The fourth-order valence-electron chi connectivity index (χ4n) is 0.896. The predicted octanol–water partition coefficient (Wildman–Crippen LogP) is 2.48. The van der Waals surface area contributed by atoms with Gasteiger partial charge in [0.2, 0.25) is 0 Å². The molecule has 0 aliphatic rings. The number of nitrogens with zero attached hydrogens (tertiary/aromatic N) is 1. The molecule has 0 saturated heterocycles. The van der Waals surface area contributed by atoms with Crippen LogP contribution in [0.4, 0.5) is 13.2 Å². The van der Waals surface area contributed by atoms with Crippen molar-refractivity contribution in [2.24, 2.45) is 0 Å². The average Bonchev–Trinajstić information content (AvgIpc) is 2.03. The molecule has 0 aromatic carbocycles. The Hall–Kier alpha value is -1.06. The topological polar surface area (TPSA) is 12.9 Å². The van der Waals surface area contributed by atoms with Gasteiger partial charge in [-0.1, -0.05) is 6.07 Å². The number of alkyl halides is 3. The van der Waals surface area contributed by atoms with E-state index in [4.69, 9.17) is 0 Å². The Kier molecular flexibility index (Phi) is 2.35. The first-order chi connectivity index (χ1) is 5.55. The number of pyridine rings is 1. The fraction of sp³-hybridized carbons (Fsp3) is 0.250. The molecule has 0 amide bonds. The number of hydrogen-bond donors (Lipinski definition) is 0. The minimum absolute atomic E-state index is 0.0999. The molecule has 0 aliphatic heterocycles. The van der Waals surface area contributed by atoms with Gasteiger partial charge in [-0.2, -0.15) is 13.2 Å². The monoisotopic (exact) mass is 174 g/mol. The lowest BCUT2D eigenvalue weighted by Gasteiger charge is -2.08. The van der Waals surface area contributed by atoms with Gasteiger partial charge in [-0.05, 0) is 25.0 Å². The van der Waals surface area contributed by atoms with Gasteiger partial charge in [0.1, 0.15) is 5.69 Å². The van der Waals surface area contributed by atoms with E-state index in [-0.39, 0.29) is 12.0 Å². The van der Waals surface area contributed by atoms with Crippen LogP contribution in [0.1, 0.15) is 11.3 Å². The minimum Gasteiger partial charge on any atom is -0.252 e. The Morgan fingerprint density at radius 2 is 2.08 bits per heavy atom. The fourth-order valence-corrected chi connectivity index (χ4v) is 0.896. The molecule has 1 nitrogen and oxygen atoms in total. The lowest BCUT2D eigenvalue weighted by atomic mass is 10.1. The SMILES string of the molecule is [CH2]Cc1cccnc1C(F)(F)F. The summed E-state index contributed by atoms with van der Waals surface area (Å²) in [5.41, 5.74) is -0.704. The zero-order valence-electron chi connectivity index (χ0n) is 6.23. The first-order valence-corrected chi connectivity index (χ1v) is 3.36. The van der Waals surface area contributed by atoms with Gasteiger partial charge < -0.3 is 0 Å². The molecule has 1 rings (SSSR count). The van der Waals surface area contributed by atoms with E-state index >= 15 is 0 Å². The standard InChI is InChI=1S/C8H7F3N/c1-2-6-4-3-5-12-7(6)8(9,10)11/h3-5H,1-2H2. The van der Waals surface area contributed by atoms with Crippen molar-refractivity contribution in [2.45, 2.75) is 12.6 Å². The summed E-state index contributed by atoms with van der Waals surface area (Å²) in [4.78, 5) is 3.26. The second kappa shape index (κ2) is 3.13. The molecule has 0 fully saturated rings.